The van der Waals surface area contributed by atoms with Gasteiger partial charge in [0, 0.05) is 25.4 Å². The number of carboxylic acids is 3. The van der Waals surface area contributed by atoms with Gasteiger partial charge in [0.15, 0.2) is 0 Å². The number of aliphatic carboxylic acids is 3. The van der Waals surface area contributed by atoms with Crippen LogP contribution < -0.4 is 26.8 Å². The first-order chi connectivity index (χ1) is 24.7. The number of nitrogens with one attached hydrogen (secondary N) is 4. The van der Waals surface area contributed by atoms with Crippen LogP contribution in [-0.2, 0) is 44.0 Å². The van der Waals surface area contributed by atoms with Crippen molar-refractivity contribution in [2.45, 2.75) is 107 Å². The van der Waals surface area contributed by atoms with Crippen molar-refractivity contribution in [1.29, 1.82) is 0 Å². The molecule has 1 saturated carbocycles. The summed E-state index contributed by atoms with van der Waals surface area (Å²) in [6.07, 6.45) is -9.20. The highest BCUT2D eigenvalue weighted by Crippen LogP contribution is 2.45. The minimum Gasteiger partial charge on any atom is -0.481 e. The second kappa shape index (κ2) is 18.7. The lowest BCUT2D eigenvalue weighted by Crippen LogP contribution is -2.56. The standard InChI is InChI=1S/C29H44N5O18P/c1-12(25(42)31-17(28(46)47)4-6-21(38)30-16(27(44)45)5-7-22(39)40)52-53(49,50)51-11-20(37)23(41)19(36)10-34-18-9-14(35)3-2-13(18)8-15-24(34)32-29(48)33-26(15)43/h12-14,16-20,23,35-37,41H,2-11H2,1H3,(H,30,38)(H,31,42)(H,39,40)(H,44,45)(H,46,47)(H,49,50)(H2,32,33,43,48). The molecule has 2 amide bonds. The number of anilines is 1. The second-order valence-corrected chi connectivity index (χ2v) is 14.3. The summed E-state index contributed by atoms with van der Waals surface area (Å²) < 4.78 is 21.9. The predicted molar refractivity (Wildman–Crippen MR) is 175 cm³/mol. The van der Waals surface area contributed by atoms with Crippen LogP contribution in [-0.4, -0.2) is 142 Å². The zero-order valence-electron chi connectivity index (χ0n) is 28.3. The maximum Gasteiger partial charge on any atom is 0.473 e. The molecule has 23 nitrogen and oxygen atoms in total. The van der Waals surface area contributed by atoms with Gasteiger partial charge in [-0.1, -0.05) is 0 Å². The lowest BCUT2D eigenvalue weighted by atomic mass is 9.76. The van der Waals surface area contributed by atoms with Crippen molar-refractivity contribution in [2.75, 3.05) is 18.1 Å². The molecule has 1 aromatic heterocycles. The molecule has 12 N–H and O–H groups in total. The summed E-state index contributed by atoms with van der Waals surface area (Å²) in [7, 11) is -5.22. The molecule has 3 rings (SSSR count). The van der Waals surface area contributed by atoms with E-state index in [0.717, 1.165) is 6.92 Å². The maximum absolute atomic E-state index is 12.6. The number of amides is 2. The van der Waals surface area contributed by atoms with Crippen LogP contribution in [0.25, 0.3) is 0 Å². The summed E-state index contributed by atoms with van der Waals surface area (Å²) in [5.74, 6) is -6.78. The number of aliphatic hydroxyl groups is 4. The van der Waals surface area contributed by atoms with Crippen molar-refractivity contribution in [2.24, 2.45) is 5.92 Å². The topological polar surface area (TPSA) is 376 Å². The van der Waals surface area contributed by atoms with E-state index in [9.17, 15) is 68.6 Å². The quantitative estimate of drug-likeness (QED) is 0.0567. The molecule has 2 heterocycles. The summed E-state index contributed by atoms with van der Waals surface area (Å²) in [6.45, 7) is -0.654. The van der Waals surface area contributed by atoms with Gasteiger partial charge < -0.3 is 56.2 Å². The zero-order chi connectivity index (χ0) is 39.8. The van der Waals surface area contributed by atoms with Gasteiger partial charge in [-0.05, 0) is 51.4 Å². The van der Waals surface area contributed by atoms with E-state index in [2.05, 4.69) is 14.5 Å². The number of aliphatic hydroxyl groups excluding tert-OH is 4. The van der Waals surface area contributed by atoms with Crippen molar-refractivity contribution in [3.05, 3.63) is 26.4 Å². The van der Waals surface area contributed by atoms with Crippen LogP contribution in [0.1, 0.15) is 57.4 Å². The highest BCUT2D eigenvalue weighted by Gasteiger charge is 2.42. The number of aromatic amines is 2. The lowest BCUT2D eigenvalue weighted by molar-refractivity contribution is -0.144. The fourth-order valence-corrected chi connectivity index (χ4v) is 7.02. The number of phosphoric ester groups is 1. The Balaban J connectivity index is 1.54. The first-order valence-corrected chi connectivity index (χ1v) is 18.0. The summed E-state index contributed by atoms with van der Waals surface area (Å²) in [5.41, 5.74) is -1.25. The normalized spacial score (nSPS) is 22.8. The maximum atomic E-state index is 12.6. The molecule has 1 aliphatic heterocycles. The van der Waals surface area contributed by atoms with Gasteiger partial charge >= 0.3 is 31.4 Å². The molecule has 0 saturated heterocycles. The number of carbonyl (C=O) groups excluding carboxylic acids is 2. The molecule has 0 radical (unpaired) electrons. The van der Waals surface area contributed by atoms with E-state index in [0.29, 0.717) is 12.8 Å². The van der Waals surface area contributed by atoms with Crippen LogP contribution in [0.5, 0.6) is 0 Å². The number of hydrogen-bond donors (Lipinski definition) is 12. The average molecular weight is 782 g/mol. The Labute approximate surface area is 299 Å². The second-order valence-electron chi connectivity index (χ2n) is 12.9. The highest BCUT2D eigenvalue weighted by molar-refractivity contribution is 7.47. The number of phosphoric acid groups is 1. The third-order valence-electron chi connectivity index (χ3n) is 8.90. The Morgan fingerprint density at radius 3 is 2.19 bits per heavy atom. The monoisotopic (exact) mass is 781 g/mol. The largest absolute Gasteiger partial charge is 0.481 e. The minimum atomic E-state index is -5.22. The number of fused-ring (bicyclic) bond motifs is 2. The van der Waals surface area contributed by atoms with Crippen LogP contribution in [0.3, 0.4) is 0 Å². The molecule has 0 aromatic carbocycles. The Bertz CT molecular complexity index is 1670. The summed E-state index contributed by atoms with van der Waals surface area (Å²) in [6, 6.07) is -3.80. The van der Waals surface area contributed by atoms with Crippen molar-refractivity contribution in [3.8, 4) is 0 Å². The van der Waals surface area contributed by atoms with Crippen LogP contribution in [0.4, 0.5) is 5.82 Å². The van der Waals surface area contributed by atoms with Gasteiger partial charge in [0.05, 0.1) is 18.3 Å². The van der Waals surface area contributed by atoms with Crippen molar-refractivity contribution in [1.82, 2.24) is 20.6 Å². The number of β-amino-alcohol motifs (C(OH)–C–C–N with tert-alkyl or cyclic N) is 1. The first kappa shape index (κ1) is 43.2. The fraction of sp³-hybridized carbons (Fsp3) is 0.690. The molecule has 10 atom stereocenters. The molecule has 0 spiro atoms. The first-order valence-electron chi connectivity index (χ1n) is 16.5. The molecular formula is C29H44N5O18P. The molecule has 298 valence electrons. The SMILES string of the molecule is CC(OP(=O)(O)OCC(O)C(O)C(O)CN1c2[nH]c(=O)[nH]c(=O)c2CC2CCC(O)CC21)C(=O)NC(CCC(=O)NC(CCC(=O)O)C(=O)O)C(=O)O. The van der Waals surface area contributed by atoms with Gasteiger partial charge in [0.25, 0.3) is 5.56 Å². The number of rotatable bonds is 20. The van der Waals surface area contributed by atoms with Crippen LogP contribution in [0, 0.1) is 5.92 Å². The van der Waals surface area contributed by atoms with Crippen molar-refractivity contribution in [3.63, 3.8) is 0 Å². The van der Waals surface area contributed by atoms with Crippen LogP contribution in [0.2, 0.25) is 0 Å². The van der Waals surface area contributed by atoms with E-state index in [1.54, 1.807) is 0 Å². The molecule has 1 aliphatic carbocycles. The van der Waals surface area contributed by atoms with E-state index in [-0.39, 0.29) is 30.1 Å². The molecule has 2 aliphatic rings. The van der Waals surface area contributed by atoms with E-state index in [1.165, 1.54) is 4.90 Å². The van der Waals surface area contributed by atoms with E-state index >= 15 is 0 Å². The van der Waals surface area contributed by atoms with Gasteiger partial charge in [-0.15, -0.1) is 0 Å². The molecule has 10 unspecified atom stereocenters. The van der Waals surface area contributed by atoms with Crippen LogP contribution >= 0.6 is 7.82 Å². The Kier molecular flexibility index (Phi) is 15.2. The number of H-pyrrole nitrogens is 2. The molecular weight excluding hydrogens is 737 g/mol. The Morgan fingerprint density at radius 2 is 1.57 bits per heavy atom. The van der Waals surface area contributed by atoms with Gasteiger partial charge in [-0.25, -0.2) is 18.9 Å². The highest BCUT2D eigenvalue weighted by atomic mass is 31.2. The average Bonchev–Trinajstić information content (AvgIpc) is 3.06. The number of nitrogens with zero attached hydrogens (tertiary/aromatic N) is 1. The Hall–Kier alpha value is -4.22. The fourth-order valence-electron chi connectivity index (χ4n) is 6.12. The van der Waals surface area contributed by atoms with Crippen molar-refractivity contribution < 1.29 is 78.2 Å². The molecule has 1 aromatic rings. The Morgan fingerprint density at radius 1 is 0.943 bits per heavy atom. The molecule has 1 fully saturated rings. The summed E-state index contributed by atoms with van der Waals surface area (Å²) in [4.78, 5) is 99.2. The zero-order valence-corrected chi connectivity index (χ0v) is 29.2. The van der Waals surface area contributed by atoms with Gasteiger partial charge in [-0.3, -0.25) is 38.2 Å². The van der Waals surface area contributed by atoms with Crippen molar-refractivity contribution >= 4 is 43.4 Å². The summed E-state index contributed by atoms with van der Waals surface area (Å²) in [5, 5.41) is 73.6. The number of carboxylic acid groups (broad SMARTS) is 3. The summed E-state index contributed by atoms with van der Waals surface area (Å²) >= 11 is 0. The number of aromatic nitrogens is 2. The molecule has 24 heteroatoms. The number of carbonyl (C=O) groups is 5. The predicted octanol–water partition coefficient (Wildman–Crippen LogP) is -3.66. The van der Waals surface area contributed by atoms with E-state index in [4.69, 9.17) is 14.7 Å². The van der Waals surface area contributed by atoms with E-state index in [1.807, 2.05) is 10.6 Å². The number of hydrogen-bond acceptors (Lipinski definition) is 15. The van der Waals surface area contributed by atoms with Gasteiger partial charge in [0.1, 0.15) is 42.3 Å². The third-order valence-corrected chi connectivity index (χ3v) is 9.96. The smallest absolute Gasteiger partial charge is 0.473 e. The molecule has 0 bridgehead atoms. The van der Waals surface area contributed by atoms with Gasteiger partial charge in [-0.2, -0.15) is 0 Å². The van der Waals surface area contributed by atoms with E-state index < -0.39 is 136 Å². The lowest BCUT2D eigenvalue weighted by Gasteiger charge is -2.47. The third kappa shape index (κ3) is 12.4. The van der Waals surface area contributed by atoms with Crippen LogP contribution in [0.15, 0.2) is 9.59 Å². The minimum absolute atomic E-state index is 0.0693. The van der Waals surface area contributed by atoms with Gasteiger partial charge in [0.2, 0.25) is 11.8 Å². The molecule has 53 heavy (non-hydrogen) atoms.